The molecule has 0 saturated carbocycles. The first-order valence-electron chi connectivity index (χ1n) is 8.26. The maximum atomic E-state index is 12.9. The average molecular weight is 335 g/mol. The van der Waals surface area contributed by atoms with Gasteiger partial charge in [-0.05, 0) is 49.1 Å². The number of fused-ring (bicyclic) bond motifs is 3. The molecule has 2 bridgehead atoms. The number of rotatable bonds is 4. The molecular weight excluding hydrogens is 314 g/mol. The summed E-state index contributed by atoms with van der Waals surface area (Å²) < 4.78 is 27.4. The van der Waals surface area contributed by atoms with E-state index in [1.165, 1.54) is 11.1 Å². The van der Waals surface area contributed by atoms with E-state index in [1.807, 2.05) is 12.1 Å². The first-order chi connectivity index (χ1) is 11.0. The summed E-state index contributed by atoms with van der Waals surface area (Å²) in [6.45, 7) is 0. The number of hydrogen-bond donors (Lipinski definition) is 1. The zero-order valence-corrected chi connectivity index (χ0v) is 13.7. The molecule has 0 radical (unpaired) electrons. The summed E-state index contributed by atoms with van der Waals surface area (Å²) in [5.74, 6) is -1.13. The van der Waals surface area contributed by atoms with Crippen LogP contribution in [-0.2, 0) is 27.7 Å². The molecule has 4 rings (SSSR count). The van der Waals surface area contributed by atoms with Crippen LogP contribution in [0.5, 0.6) is 0 Å². The Morgan fingerprint density at radius 2 is 1.83 bits per heavy atom. The van der Waals surface area contributed by atoms with Gasteiger partial charge in [0.05, 0.1) is 11.7 Å². The van der Waals surface area contributed by atoms with Crippen LogP contribution in [0.3, 0.4) is 0 Å². The van der Waals surface area contributed by atoms with Gasteiger partial charge in [-0.1, -0.05) is 24.3 Å². The molecule has 0 spiro atoms. The van der Waals surface area contributed by atoms with Crippen LogP contribution in [0.25, 0.3) is 0 Å². The van der Waals surface area contributed by atoms with Gasteiger partial charge in [0.2, 0.25) is 10.0 Å². The normalized spacial score (nSPS) is 30.7. The molecular formula is C17H21NO4S. The Labute approximate surface area is 136 Å². The molecule has 2 fully saturated rings. The van der Waals surface area contributed by atoms with Crippen molar-refractivity contribution in [1.82, 2.24) is 4.31 Å². The van der Waals surface area contributed by atoms with Gasteiger partial charge in [0, 0.05) is 12.1 Å². The zero-order valence-electron chi connectivity index (χ0n) is 12.9. The van der Waals surface area contributed by atoms with Crippen LogP contribution >= 0.6 is 0 Å². The predicted molar refractivity (Wildman–Crippen MR) is 85.5 cm³/mol. The smallest absolute Gasteiger partial charge is 0.308 e. The third-order valence-electron chi connectivity index (χ3n) is 5.69. The van der Waals surface area contributed by atoms with Crippen molar-refractivity contribution in [2.24, 2.45) is 11.8 Å². The van der Waals surface area contributed by atoms with Gasteiger partial charge in [-0.15, -0.1) is 0 Å². The molecule has 5 nitrogen and oxygen atoms in total. The quantitative estimate of drug-likeness (QED) is 0.908. The van der Waals surface area contributed by atoms with E-state index in [4.69, 9.17) is 0 Å². The molecule has 2 heterocycles. The molecule has 124 valence electrons. The SMILES string of the molecule is O=C(O)C1CC2CCC1N2S(=O)(=O)CC1Cc2ccccc2C1. The van der Waals surface area contributed by atoms with Gasteiger partial charge in [-0.25, -0.2) is 8.42 Å². The minimum Gasteiger partial charge on any atom is -0.481 e. The number of benzene rings is 1. The van der Waals surface area contributed by atoms with Gasteiger partial charge in [-0.3, -0.25) is 4.79 Å². The predicted octanol–water partition coefficient (Wildman–Crippen LogP) is 1.67. The van der Waals surface area contributed by atoms with Crippen LogP contribution in [0.2, 0.25) is 0 Å². The van der Waals surface area contributed by atoms with Crippen molar-refractivity contribution in [2.45, 2.75) is 44.2 Å². The molecule has 2 saturated heterocycles. The van der Waals surface area contributed by atoms with Crippen molar-refractivity contribution in [3.05, 3.63) is 35.4 Å². The Kier molecular flexibility index (Phi) is 3.50. The number of carboxylic acids is 1. The summed E-state index contributed by atoms with van der Waals surface area (Å²) in [7, 11) is -3.39. The summed E-state index contributed by atoms with van der Waals surface area (Å²) in [6, 6.07) is 7.70. The molecule has 1 aromatic rings. The molecule has 1 aliphatic carbocycles. The van der Waals surface area contributed by atoms with Crippen LogP contribution in [0.1, 0.15) is 30.4 Å². The van der Waals surface area contributed by atoms with E-state index in [-0.39, 0.29) is 23.8 Å². The second-order valence-corrected chi connectivity index (χ2v) is 9.05. The van der Waals surface area contributed by atoms with E-state index in [1.54, 1.807) is 4.31 Å². The van der Waals surface area contributed by atoms with Gasteiger partial charge in [0.1, 0.15) is 0 Å². The number of aliphatic carboxylic acids is 1. The maximum absolute atomic E-state index is 12.9. The summed E-state index contributed by atoms with van der Waals surface area (Å²) in [5.41, 5.74) is 2.50. The average Bonchev–Trinajstić information content (AvgIpc) is 3.17. The minimum absolute atomic E-state index is 0.102. The second kappa shape index (κ2) is 5.31. The standard InChI is InChI=1S/C17H21NO4S/c19-17(20)15-9-14-5-6-16(15)18(14)23(21,22)10-11-7-12-3-1-2-4-13(12)8-11/h1-4,11,14-16H,5-10H2,(H,19,20). The Morgan fingerprint density at radius 3 is 2.39 bits per heavy atom. The van der Waals surface area contributed by atoms with Gasteiger partial charge in [-0.2, -0.15) is 4.31 Å². The summed E-state index contributed by atoms with van der Waals surface area (Å²) in [5, 5.41) is 9.30. The van der Waals surface area contributed by atoms with Crippen molar-refractivity contribution in [3.8, 4) is 0 Å². The van der Waals surface area contributed by atoms with E-state index < -0.39 is 21.9 Å². The fraction of sp³-hybridized carbons (Fsp3) is 0.588. The molecule has 0 aromatic heterocycles. The number of nitrogens with zero attached hydrogens (tertiary/aromatic N) is 1. The Bertz CT molecular complexity index is 720. The number of sulfonamides is 1. The number of hydrogen-bond acceptors (Lipinski definition) is 3. The lowest BCUT2D eigenvalue weighted by Gasteiger charge is -2.24. The number of carbonyl (C=O) groups is 1. The summed E-state index contributed by atoms with van der Waals surface area (Å²) in [6.07, 6.45) is 3.58. The summed E-state index contributed by atoms with van der Waals surface area (Å²) in [4.78, 5) is 11.3. The minimum atomic E-state index is -3.39. The largest absolute Gasteiger partial charge is 0.481 e. The van der Waals surface area contributed by atoms with Crippen molar-refractivity contribution >= 4 is 16.0 Å². The first kappa shape index (κ1) is 15.1. The molecule has 3 aliphatic rings. The highest BCUT2D eigenvalue weighted by Crippen LogP contribution is 2.44. The highest BCUT2D eigenvalue weighted by molar-refractivity contribution is 7.89. The van der Waals surface area contributed by atoms with Gasteiger partial charge in [0.25, 0.3) is 0 Å². The third kappa shape index (κ3) is 2.48. The van der Waals surface area contributed by atoms with Crippen molar-refractivity contribution in [1.29, 1.82) is 0 Å². The van der Waals surface area contributed by atoms with E-state index in [0.29, 0.717) is 12.8 Å². The van der Waals surface area contributed by atoms with Gasteiger partial charge in [0.15, 0.2) is 0 Å². The lowest BCUT2D eigenvalue weighted by molar-refractivity contribution is -0.142. The van der Waals surface area contributed by atoms with Crippen LogP contribution in [0.4, 0.5) is 0 Å². The van der Waals surface area contributed by atoms with Crippen LogP contribution < -0.4 is 0 Å². The number of carboxylic acid groups (broad SMARTS) is 1. The second-order valence-electron chi connectivity index (χ2n) is 7.13. The topological polar surface area (TPSA) is 74.7 Å². The van der Waals surface area contributed by atoms with E-state index >= 15 is 0 Å². The van der Waals surface area contributed by atoms with Crippen LogP contribution in [0.15, 0.2) is 24.3 Å². The van der Waals surface area contributed by atoms with Gasteiger partial charge < -0.3 is 5.11 Å². The van der Waals surface area contributed by atoms with E-state index in [9.17, 15) is 18.3 Å². The van der Waals surface area contributed by atoms with E-state index in [2.05, 4.69) is 12.1 Å². The lowest BCUT2D eigenvalue weighted by Crippen LogP contribution is -2.40. The van der Waals surface area contributed by atoms with Crippen molar-refractivity contribution in [3.63, 3.8) is 0 Å². The molecule has 23 heavy (non-hydrogen) atoms. The van der Waals surface area contributed by atoms with E-state index in [0.717, 1.165) is 19.3 Å². The fourth-order valence-corrected chi connectivity index (χ4v) is 7.10. The monoisotopic (exact) mass is 335 g/mol. The Hall–Kier alpha value is -1.40. The Balaban J connectivity index is 1.51. The third-order valence-corrected chi connectivity index (χ3v) is 7.80. The lowest BCUT2D eigenvalue weighted by atomic mass is 9.89. The molecule has 1 aromatic carbocycles. The van der Waals surface area contributed by atoms with Crippen molar-refractivity contribution < 1.29 is 18.3 Å². The highest BCUT2D eigenvalue weighted by Gasteiger charge is 2.54. The highest BCUT2D eigenvalue weighted by atomic mass is 32.2. The first-order valence-corrected chi connectivity index (χ1v) is 9.87. The molecule has 2 aliphatic heterocycles. The fourth-order valence-electron chi connectivity index (χ4n) is 4.79. The maximum Gasteiger partial charge on any atom is 0.308 e. The molecule has 3 atom stereocenters. The van der Waals surface area contributed by atoms with Gasteiger partial charge >= 0.3 is 5.97 Å². The van der Waals surface area contributed by atoms with Crippen LogP contribution in [0, 0.1) is 11.8 Å². The summed E-state index contributed by atoms with van der Waals surface area (Å²) >= 11 is 0. The van der Waals surface area contributed by atoms with Crippen LogP contribution in [-0.4, -0.2) is 41.6 Å². The molecule has 0 amide bonds. The Morgan fingerprint density at radius 1 is 1.17 bits per heavy atom. The van der Waals surface area contributed by atoms with Crippen molar-refractivity contribution in [2.75, 3.05) is 5.75 Å². The molecule has 3 unspecified atom stereocenters. The zero-order chi connectivity index (χ0) is 16.2. The molecule has 6 heteroatoms. The molecule has 1 N–H and O–H groups in total.